The van der Waals surface area contributed by atoms with Crippen molar-refractivity contribution in [3.63, 3.8) is 0 Å². The van der Waals surface area contributed by atoms with Crippen molar-refractivity contribution in [1.29, 1.82) is 0 Å². The van der Waals surface area contributed by atoms with Crippen molar-refractivity contribution in [1.82, 2.24) is 5.32 Å². The van der Waals surface area contributed by atoms with Crippen LogP contribution in [-0.4, -0.2) is 11.9 Å². The Morgan fingerprint density at radius 1 is 0.933 bits per heavy atom. The van der Waals surface area contributed by atoms with Gasteiger partial charge in [0.05, 0.1) is 0 Å². The fourth-order valence-electron chi connectivity index (χ4n) is 3.01. The van der Waals surface area contributed by atoms with Crippen molar-refractivity contribution in [2.24, 2.45) is 23.7 Å². The molecule has 0 spiro atoms. The van der Waals surface area contributed by atoms with E-state index in [0.29, 0.717) is 17.9 Å². The average Bonchev–Trinajstić information content (AvgIpc) is 2.19. The van der Waals surface area contributed by atoms with Gasteiger partial charge in [-0.3, -0.25) is 4.79 Å². The number of hydrogen-bond donors (Lipinski definition) is 1. The Morgan fingerprint density at radius 3 is 1.67 bits per heavy atom. The molecule has 1 N–H and O–H groups in total. The molecule has 0 saturated heterocycles. The first kappa shape index (κ1) is 12.5. The number of nitrogens with one attached hydrogen (secondary N) is 1. The molecule has 0 aromatic rings. The number of rotatable bonds is 1. The maximum atomic E-state index is 11.2. The second kappa shape index (κ2) is 5.00. The summed E-state index contributed by atoms with van der Waals surface area (Å²) in [7, 11) is 0. The van der Waals surface area contributed by atoms with E-state index >= 15 is 0 Å². The van der Waals surface area contributed by atoms with E-state index in [1.165, 1.54) is 12.8 Å². The second-order valence-corrected chi connectivity index (χ2v) is 5.61. The molecule has 4 atom stereocenters. The molecule has 0 bridgehead atoms. The summed E-state index contributed by atoms with van der Waals surface area (Å²) in [4.78, 5) is 11.2. The first-order chi connectivity index (χ1) is 6.91. The van der Waals surface area contributed by atoms with Crippen LogP contribution in [0.15, 0.2) is 0 Å². The summed E-state index contributed by atoms with van der Waals surface area (Å²) >= 11 is 0. The van der Waals surface area contributed by atoms with Crippen LogP contribution in [0.2, 0.25) is 0 Å². The van der Waals surface area contributed by atoms with Gasteiger partial charge in [0, 0.05) is 13.0 Å². The lowest BCUT2D eigenvalue weighted by Gasteiger charge is -2.27. The molecule has 1 fully saturated rings. The largest absolute Gasteiger partial charge is 0.353 e. The third-order valence-electron chi connectivity index (χ3n) is 4.05. The van der Waals surface area contributed by atoms with Crippen LogP contribution in [-0.2, 0) is 4.79 Å². The van der Waals surface area contributed by atoms with Gasteiger partial charge in [-0.25, -0.2) is 0 Å². The van der Waals surface area contributed by atoms with Gasteiger partial charge < -0.3 is 5.32 Å². The van der Waals surface area contributed by atoms with Crippen LogP contribution in [0.1, 0.15) is 47.5 Å². The van der Waals surface area contributed by atoms with E-state index in [-0.39, 0.29) is 5.91 Å². The Morgan fingerprint density at radius 2 is 1.33 bits per heavy atom. The van der Waals surface area contributed by atoms with Gasteiger partial charge in [0.2, 0.25) is 5.91 Å². The zero-order valence-corrected chi connectivity index (χ0v) is 10.7. The van der Waals surface area contributed by atoms with Gasteiger partial charge in [0.25, 0.3) is 0 Å². The van der Waals surface area contributed by atoms with E-state index in [4.69, 9.17) is 0 Å². The molecule has 2 nitrogen and oxygen atoms in total. The molecular weight excluding hydrogens is 186 g/mol. The Balaban J connectivity index is 2.72. The molecule has 1 amide bonds. The molecular formula is C13H25NO. The van der Waals surface area contributed by atoms with Crippen molar-refractivity contribution >= 4 is 5.91 Å². The molecule has 0 heterocycles. The highest BCUT2D eigenvalue weighted by atomic mass is 16.1. The van der Waals surface area contributed by atoms with E-state index in [2.05, 4.69) is 33.0 Å². The predicted molar refractivity (Wildman–Crippen MR) is 63.5 cm³/mol. The molecule has 0 aromatic carbocycles. The summed E-state index contributed by atoms with van der Waals surface area (Å²) in [6.45, 7) is 10.8. The third kappa shape index (κ3) is 3.22. The maximum absolute atomic E-state index is 11.2. The van der Waals surface area contributed by atoms with Crippen LogP contribution in [0.25, 0.3) is 0 Å². The lowest BCUT2D eigenvalue weighted by atomic mass is 9.88. The molecule has 0 radical (unpaired) electrons. The summed E-state index contributed by atoms with van der Waals surface area (Å²) in [5, 5.41) is 3.12. The lowest BCUT2D eigenvalue weighted by Crippen LogP contribution is -2.42. The highest BCUT2D eigenvalue weighted by Crippen LogP contribution is 2.34. The molecule has 1 saturated carbocycles. The summed E-state index contributed by atoms with van der Waals surface area (Å²) in [6, 6.07) is 0.370. The predicted octanol–water partition coefficient (Wildman–Crippen LogP) is 2.83. The molecule has 2 heteroatoms. The van der Waals surface area contributed by atoms with Crippen molar-refractivity contribution < 1.29 is 4.79 Å². The third-order valence-corrected chi connectivity index (χ3v) is 4.05. The minimum atomic E-state index is 0.112. The van der Waals surface area contributed by atoms with E-state index in [0.717, 1.165) is 11.8 Å². The van der Waals surface area contributed by atoms with Gasteiger partial charge in [-0.1, -0.05) is 27.7 Å². The van der Waals surface area contributed by atoms with E-state index in [9.17, 15) is 4.79 Å². The van der Waals surface area contributed by atoms with Crippen molar-refractivity contribution in [3.8, 4) is 0 Å². The van der Waals surface area contributed by atoms with Crippen LogP contribution >= 0.6 is 0 Å². The summed E-state index contributed by atoms with van der Waals surface area (Å²) in [5.74, 6) is 2.87. The van der Waals surface area contributed by atoms with Crippen molar-refractivity contribution in [2.75, 3.05) is 0 Å². The Bertz CT molecular complexity index is 211. The highest BCUT2D eigenvalue weighted by molar-refractivity contribution is 5.73. The Hall–Kier alpha value is -0.530. The average molecular weight is 211 g/mol. The maximum Gasteiger partial charge on any atom is 0.217 e. The van der Waals surface area contributed by atoms with Crippen LogP contribution in [0.4, 0.5) is 0 Å². The van der Waals surface area contributed by atoms with E-state index in [1.54, 1.807) is 6.92 Å². The molecule has 1 rings (SSSR count). The topological polar surface area (TPSA) is 29.1 Å². The van der Waals surface area contributed by atoms with Gasteiger partial charge in [0.15, 0.2) is 0 Å². The van der Waals surface area contributed by atoms with Crippen molar-refractivity contribution in [2.45, 2.75) is 53.5 Å². The lowest BCUT2D eigenvalue weighted by molar-refractivity contribution is -0.120. The monoisotopic (exact) mass is 211 g/mol. The number of carbonyl (C=O) groups excluding carboxylic acids is 1. The van der Waals surface area contributed by atoms with Crippen LogP contribution in [0.3, 0.4) is 0 Å². The molecule has 88 valence electrons. The molecule has 1 aliphatic rings. The summed E-state index contributed by atoms with van der Waals surface area (Å²) in [6.07, 6.45) is 2.47. The zero-order valence-electron chi connectivity index (χ0n) is 10.7. The SMILES string of the molecule is CC(=O)NC1C(C)CC(C)C(C)CC1C. The van der Waals surface area contributed by atoms with E-state index < -0.39 is 0 Å². The van der Waals surface area contributed by atoms with Gasteiger partial charge in [-0.15, -0.1) is 0 Å². The minimum Gasteiger partial charge on any atom is -0.353 e. The number of carbonyl (C=O) groups is 1. The zero-order chi connectivity index (χ0) is 11.6. The van der Waals surface area contributed by atoms with Gasteiger partial charge >= 0.3 is 0 Å². The first-order valence-corrected chi connectivity index (χ1v) is 6.19. The Labute approximate surface area is 93.8 Å². The smallest absolute Gasteiger partial charge is 0.217 e. The molecule has 15 heavy (non-hydrogen) atoms. The molecule has 1 aliphatic carbocycles. The summed E-state index contributed by atoms with van der Waals surface area (Å²) in [5.41, 5.74) is 0. The van der Waals surface area contributed by atoms with Crippen LogP contribution < -0.4 is 5.32 Å². The van der Waals surface area contributed by atoms with Gasteiger partial charge in [-0.05, 0) is 36.5 Å². The molecule has 0 aromatic heterocycles. The van der Waals surface area contributed by atoms with Crippen LogP contribution in [0.5, 0.6) is 0 Å². The quantitative estimate of drug-likeness (QED) is 0.664. The Kier molecular flexibility index (Phi) is 4.18. The normalized spacial score (nSPS) is 42.1. The second-order valence-electron chi connectivity index (χ2n) is 5.61. The van der Waals surface area contributed by atoms with Gasteiger partial charge in [0.1, 0.15) is 0 Å². The molecule has 0 aliphatic heterocycles. The van der Waals surface area contributed by atoms with E-state index in [1.807, 2.05) is 0 Å². The number of amides is 1. The summed E-state index contributed by atoms with van der Waals surface area (Å²) < 4.78 is 0. The standard InChI is InChI=1S/C13H25NO/c1-8-6-10(3)13(14-12(5)15)11(4)7-9(8)2/h8-11,13H,6-7H2,1-5H3,(H,14,15). The fourth-order valence-corrected chi connectivity index (χ4v) is 3.01. The first-order valence-electron chi connectivity index (χ1n) is 6.19. The molecule has 4 unspecified atom stereocenters. The van der Waals surface area contributed by atoms with Crippen molar-refractivity contribution in [3.05, 3.63) is 0 Å². The number of hydrogen-bond acceptors (Lipinski definition) is 1. The highest BCUT2D eigenvalue weighted by Gasteiger charge is 2.32. The van der Waals surface area contributed by atoms with Crippen LogP contribution in [0, 0.1) is 23.7 Å². The minimum absolute atomic E-state index is 0.112. The van der Waals surface area contributed by atoms with Gasteiger partial charge in [-0.2, -0.15) is 0 Å². The fraction of sp³-hybridized carbons (Fsp3) is 0.923.